The number of pyridine rings is 2. The summed E-state index contributed by atoms with van der Waals surface area (Å²) in [6.07, 6.45) is 14.2. The molecule has 126 heavy (non-hydrogen) atoms. The van der Waals surface area contributed by atoms with Gasteiger partial charge in [-0.3, -0.25) is 4.57 Å². The van der Waals surface area contributed by atoms with Gasteiger partial charge in [0.15, 0.2) is 6.71 Å². The summed E-state index contributed by atoms with van der Waals surface area (Å²) >= 11 is 0. The normalized spacial score (nSPS) is 11.8. The molecule has 20 heteroatoms. The molecule has 22 rings (SSSR count). The topological polar surface area (TPSA) is 86.6 Å². The van der Waals surface area contributed by atoms with Gasteiger partial charge in [-0.1, -0.05) is 283 Å². The van der Waals surface area contributed by atoms with Crippen LogP contribution in [0.3, 0.4) is 0 Å². The third-order valence-electron chi connectivity index (χ3n) is 22.6. The van der Waals surface area contributed by atoms with Crippen LogP contribution in [-0.2, 0) is 21.1 Å². The predicted molar refractivity (Wildman–Crippen MR) is 502 cm³/mol. The van der Waals surface area contributed by atoms with Crippen LogP contribution in [0.15, 0.2) is 444 Å². The Kier molecular flexibility index (Phi) is 22.7. The fraction of sp³-hybridized carbons (Fsp3) is 0. The first-order valence-electron chi connectivity index (χ1n) is 41.3. The van der Waals surface area contributed by atoms with Crippen LogP contribution in [-0.4, -0.2) is 63.9 Å². The molecule has 12 nitrogen and oxygen atoms in total. The number of rotatable bonds is 18. The third kappa shape index (κ3) is 16.2. The second-order valence-corrected chi connectivity index (χ2v) is 30.3. The molecule has 0 bridgehead atoms. The molecule has 8 heterocycles. The average molecular weight is 1820 g/mol. The first kappa shape index (κ1) is 80.3. The minimum Gasteiger partial charge on any atom is -0.500 e. The van der Waals surface area contributed by atoms with E-state index in [1.54, 1.807) is 0 Å². The minimum absolute atomic E-state index is 0. The molecule has 0 N–H and O–H groups in total. The van der Waals surface area contributed by atoms with Crippen molar-refractivity contribution < 1.29 is 42.9 Å². The Morgan fingerprint density at radius 2 is 0.786 bits per heavy atom. The van der Waals surface area contributed by atoms with Gasteiger partial charge in [-0.05, 0) is 143 Å². The van der Waals surface area contributed by atoms with Gasteiger partial charge in [0.05, 0.1) is 45.2 Å². The zero-order valence-electron chi connectivity index (χ0n) is 67.7. The predicted octanol–water partition coefficient (Wildman–Crippen LogP) is 20.3. The van der Waals surface area contributed by atoms with Gasteiger partial charge in [-0.25, -0.2) is 28.5 Å². The number of benzene rings is 14. The van der Waals surface area contributed by atoms with Gasteiger partial charge in [0.25, 0.3) is 6.33 Å². The van der Waals surface area contributed by atoms with Crippen LogP contribution >= 0.6 is 0 Å². The fourth-order valence-electron chi connectivity index (χ4n) is 17.2. The zero-order chi connectivity index (χ0) is 84.2. The van der Waals surface area contributed by atoms with Crippen LogP contribution in [0.5, 0.6) is 0 Å². The smallest absolute Gasteiger partial charge is 0.500 e. The summed E-state index contributed by atoms with van der Waals surface area (Å²) in [5.74, 6) is 1.72. The standard InChI is InChI=1S/C53H38BN6.C53H36BN6.BF4.Pt/c2*1-5-18-39(19-6-1)52-51(53(40-20-7-2-8-21-40)60(56-52)44-25-11-4-12-26-44)54(41-22-17-27-45(36-41)58-35-34-57(38-58)43-23-9-3-10-24-43)42-31-32-47-46-28-13-14-29-48(46)59(49(47)37-42)50-30-15-16-33-55-50;2-1(3,4)5;/h1-38H;1-35,38H;;/q+1;-3;-1;. The largest absolute Gasteiger partial charge is 0.673 e. The maximum absolute atomic E-state index is 9.75. The molecule has 0 aliphatic carbocycles. The van der Waals surface area contributed by atoms with E-state index in [0.717, 1.165) is 156 Å². The molecule has 0 atom stereocenters. The summed E-state index contributed by atoms with van der Waals surface area (Å²) in [4.78, 5) is 14.0. The van der Waals surface area contributed by atoms with E-state index in [-0.39, 0.29) is 34.5 Å². The second-order valence-electron chi connectivity index (χ2n) is 30.3. The Bertz CT molecular complexity index is 7390. The number of halogens is 4. The van der Waals surface area contributed by atoms with Crippen LogP contribution in [0.25, 0.3) is 123 Å². The van der Waals surface area contributed by atoms with Crippen molar-refractivity contribution >= 4 is 108 Å². The molecule has 1 aliphatic heterocycles. The summed E-state index contributed by atoms with van der Waals surface area (Å²) in [6, 6.07) is 148. The van der Waals surface area contributed by atoms with Crippen molar-refractivity contribution in [3.05, 3.63) is 463 Å². The molecular weight excluding hydrogens is 1740 g/mol. The van der Waals surface area contributed by atoms with E-state index < -0.39 is 7.25 Å². The Balaban J connectivity index is 0.000000155. The Morgan fingerprint density at radius 3 is 1.35 bits per heavy atom. The minimum atomic E-state index is -6.00. The first-order valence-corrected chi connectivity index (χ1v) is 41.3. The van der Waals surface area contributed by atoms with E-state index in [1.165, 1.54) is 10.8 Å². The van der Waals surface area contributed by atoms with Gasteiger partial charge in [-0.15, -0.1) is 17.7 Å². The number of imidazole rings is 1. The van der Waals surface area contributed by atoms with Crippen molar-refractivity contribution in [1.29, 1.82) is 0 Å². The van der Waals surface area contributed by atoms with E-state index in [1.807, 2.05) is 48.8 Å². The molecule has 0 saturated heterocycles. The maximum atomic E-state index is 9.75. The van der Waals surface area contributed by atoms with Crippen molar-refractivity contribution in [2.75, 3.05) is 9.80 Å². The van der Waals surface area contributed by atoms with Crippen LogP contribution in [0, 0.1) is 18.8 Å². The van der Waals surface area contributed by atoms with Crippen LogP contribution in [0.1, 0.15) is 0 Å². The Labute approximate surface area is 741 Å². The maximum Gasteiger partial charge on any atom is 0.673 e. The van der Waals surface area contributed by atoms with Gasteiger partial charge in [-0.2, -0.15) is 63.6 Å². The number of aromatic nitrogens is 10. The average Bonchev–Trinajstić information content (AvgIpc) is 1.57. The van der Waals surface area contributed by atoms with Crippen molar-refractivity contribution in [2.45, 2.75) is 0 Å². The quantitative estimate of drug-likeness (QED) is 0.0368. The summed E-state index contributed by atoms with van der Waals surface area (Å²) in [5, 5.41) is 15.7. The first-order chi connectivity index (χ1) is 61.6. The van der Waals surface area contributed by atoms with Gasteiger partial charge in [0.1, 0.15) is 35.4 Å². The second kappa shape index (κ2) is 35.6. The van der Waals surface area contributed by atoms with E-state index in [9.17, 15) is 17.3 Å². The summed E-state index contributed by atoms with van der Waals surface area (Å²) in [7, 11) is -6.00. The molecule has 608 valence electrons. The summed E-state index contributed by atoms with van der Waals surface area (Å²) < 4.78 is 52.1. The van der Waals surface area contributed by atoms with Crippen molar-refractivity contribution in [3.8, 4) is 79.4 Å². The molecule has 0 radical (unpaired) electrons. The number of hydrogen-bond donors (Lipinski definition) is 0. The van der Waals surface area contributed by atoms with E-state index in [0.29, 0.717) is 0 Å². The molecule has 0 amide bonds. The molecule has 0 spiro atoms. The number of hydrogen-bond acceptors (Lipinski definition) is 6. The van der Waals surface area contributed by atoms with E-state index in [2.05, 4.69) is 451 Å². The molecular formula is C106H74B3F4N12Pt-3. The molecule has 0 unspecified atom stereocenters. The number of nitrogens with zero attached hydrogens (tertiary/aromatic N) is 12. The number of para-hydroxylation sites is 6. The Morgan fingerprint density at radius 1 is 0.349 bits per heavy atom. The summed E-state index contributed by atoms with van der Waals surface area (Å²) in [6.45, 7) is 1.50. The molecule has 1 aliphatic rings. The van der Waals surface area contributed by atoms with Crippen LogP contribution in [0.2, 0.25) is 0 Å². The van der Waals surface area contributed by atoms with Crippen molar-refractivity contribution in [3.63, 3.8) is 0 Å². The van der Waals surface area contributed by atoms with Gasteiger partial charge in [0.2, 0.25) is 6.71 Å². The summed E-state index contributed by atoms with van der Waals surface area (Å²) in [5.41, 5.74) is 25.0. The molecule has 7 aromatic heterocycles. The third-order valence-corrected chi connectivity index (χ3v) is 22.6. The molecule has 0 saturated carbocycles. The molecule has 14 aromatic carbocycles. The number of anilines is 2. The van der Waals surface area contributed by atoms with Crippen LogP contribution in [0.4, 0.5) is 28.6 Å². The molecule has 21 aromatic rings. The van der Waals surface area contributed by atoms with E-state index in [4.69, 9.17) is 20.2 Å². The Hall–Kier alpha value is -15.4. The fourth-order valence-corrected chi connectivity index (χ4v) is 17.2. The van der Waals surface area contributed by atoms with Crippen molar-refractivity contribution in [1.82, 2.24) is 43.2 Å². The number of fused-ring (bicyclic) bond motifs is 6. The zero-order valence-corrected chi connectivity index (χ0v) is 69.9. The van der Waals surface area contributed by atoms with Crippen molar-refractivity contribution in [2.24, 2.45) is 0 Å². The van der Waals surface area contributed by atoms with Gasteiger partial charge in [0, 0.05) is 66.6 Å². The molecule has 0 fully saturated rings. The van der Waals surface area contributed by atoms with Crippen LogP contribution < -0.4 is 47.1 Å². The monoisotopic (exact) mass is 1820 g/mol. The van der Waals surface area contributed by atoms with Gasteiger partial charge < -0.3 is 31.6 Å². The SMILES string of the molecule is F[B-](F)(F)F.[Pt].[c-]1c(B(c2[c-]c3c(cc2)c2ccccc2n3-c2ccccn2)c2c(-c3ccccc3)nn(-c3ccccc3)c2-c2ccccc2)cccc1N1C=CN(c2ccccc2)[CH-]1.c1ccc(-c2nn(-c3ccccc3)c(-c3ccccc3)c2B(c2cccc(-n3cc[n+](-c4ccccc4)c3)c2)c2ccc3c4ccccc4n(-c4ccccn4)c3c2)cc1. The van der Waals surface area contributed by atoms with Gasteiger partial charge >= 0.3 is 7.25 Å². The van der Waals surface area contributed by atoms with E-state index >= 15 is 0 Å².